The second-order valence-electron chi connectivity index (χ2n) is 11.0. The number of aliphatic hydroxyl groups is 1. The first kappa shape index (κ1) is 27.9. The fourth-order valence-corrected chi connectivity index (χ4v) is 6.09. The molecule has 11 heteroatoms. The zero-order valence-corrected chi connectivity index (χ0v) is 22.9. The Kier molecular flexibility index (Phi) is 6.99. The van der Waals surface area contributed by atoms with E-state index in [2.05, 4.69) is 10.3 Å². The Morgan fingerprint density at radius 2 is 1.75 bits per heavy atom. The van der Waals surface area contributed by atoms with Crippen LogP contribution in [0.5, 0.6) is 0 Å². The number of aromatic nitrogens is 2. The molecule has 2 heterocycles. The largest absolute Gasteiger partial charge is 0.438 e. The lowest BCUT2D eigenvalue weighted by atomic mass is 9.72. The van der Waals surface area contributed by atoms with Crippen LogP contribution >= 0.6 is 11.3 Å². The molecule has 1 amide bonds. The van der Waals surface area contributed by atoms with E-state index in [9.17, 15) is 27.9 Å². The Labute approximate surface area is 232 Å². The number of alkyl carbamates (subject to hydrolysis) is 1. The Morgan fingerprint density at radius 3 is 2.33 bits per heavy atom. The summed E-state index contributed by atoms with van der Waals surface area (Å²) in [6, 6.07) is 16.2. The quantitative estimate of drug-likeness (QED) is 0.296. The van der Waals surface area contributed by atoms with Gasteiger partial charge in [-0.15, -0.1) is 11.3 Å². The van der Waals surface area contributed by atoms with Gasteiger partial charge in [0, 0.05) is 28.8 Å². The third kappa shape index (κ3) is 5.62. The number of thiophene rings is 1. The Bertz CT molecular complexity index is 1600. The van der Waals surface area contributed by atoms with Gasteiger partial charge in [0.1, 0.15) is 17.0 Å². The van der Waals surface area contributed by atoms with Gasteiger partial charge in [0.05, 0.1) is 17.8 Å². The molecular weight excluding hydrogens is 543 g/mol. The normalized spacial score (nSPS) is 19.3. The minimum atomic E-state index is -4.57. The van der Waals surface area contributed by atoms with Crippen molar-refractivity contribution in [3.8, 4) is 21.6 Å². The average molecular weight is 572 g/mol. The zero-order valence-electron chi connectivity index (χ0n) is 22.1. The number of nitrogens with zero attached hydrogens (tertiary/aromatic N) is 2. The van der Waals surface area contributed by atoms with E-state index in [-0.39, 0.29) is 18.2 Å². The van der Waals surface area contributed by atoms with Crippen LogP contribution in [0.4, 0.5) is 18.0 Å². The lowest BCUT2D eigenvalue weighted by molar-refractivity contribution is -0.141. The molecule has 0 saturated heterocycles. The molecule has 5 rings (SSSR count). The number of rotatable bonds is 5. The van der Waals surface area contributed by atoms with Crippen molar-refractivity contribution in [2.45, 2.75) is 63.6 Å². The molecule has 1 fully saturated rings. The van der Waals surface area contributed by atoms with Gasteiger partial charge in [-0.3, -0.25) is 9.36 Å². The molecule has 1 aliphatic carbocycles. The van der Waals surface area contributed by atoms with Gasteiger partial charge in [-0.2, -0.15) is 13.2 Å². The SMILES string of the molecule is CC(C)(C)NC(=O)OC1(c2ccc(-c3sc4ncn(CC(F)(F)F)c(=O)c4c3-c3ccccc3)cc2)CC(O)C1. The van der Waals surface area contributed by atoms with Crippen molar-refractivity contribution in [2.75, 3.05) is 0 Å². The minimum Gasteiger partial charge on any atom is -0.438 e. The second kappa shape index (κ2) is 10.0. The predicted molar refractivity (Wildman–Crippen MR) is 147 cm³/mol. The number of benzene rings is 2. The molecule has 40 heavy (non-hydrogen) atoms. The molecule has 210 valence electrons. The third-order valence-electron chi connectivity index (χ3n) is 6.66. The van der Waals surface area contributed by atoms with Gasteiger partial charge in [0.2, 0.25) is 0 Å². The number of carbonyl (C=O) groups is 1. The molecule has 2 aromatic heterocycles. The van der Waals surface area contributed by atoms with Gasteiger partial charge < -0.3 is 15.2 Å². The molecule has 7 nitrogen and oxygen atoms in total. The smallest absolute Gasteiger partial charge is 0.408 e. The van der Waals surface area contributed by atoms with Gasteiger partial charge in [-0.05, 0) is 37.5 Å². The summed E-state index contributed by atoms with van der Waals surface area (Å²) in [7, 11) is 0. The summed E-state index contributed by atoms with van der Waals surface area (Å²) >= 11 is 1.22. The molecule has 0 unspecified atom stereocenters. The van der Waals surface area contributed by atoms with Gasteiger partial charge in [0.15, 0.2) is 0 Å². The van der Waals surface area contributed by atoms with Gasteiger partial charge >= 0.3 is 12.3 Å². The van der Waals surface area contributed by atoms with Crippen molar-refractivity contribution in [3.05, 3.63) is 76.8 Å². The number of nitrogens with one attached hydrogen (secondary N) is 1. The first-order valence-corrected chi connectivity index (χ1v) is 13.5. The highest BCUT2D eigenvalue weighted by Gasteiger charge is 2.49. The van der Waals surface area contributed by atoms with Crippen molar-refractivity contribution in [1.29, 1.82) is 0 Å². The van der Waals surface area contributed by atoms with Crippen LogP contribution < -0.4 is 10.9 Å². The van der Waals surface area contributed by atoms with Gasteiger partial charge in [-0.25, -0.2) is 9.78 Å². The number of hydrogen-bond donors (Lipinski definition) is 2. The lowest BCUT2D eigenvalue weighted by Gasteiger charge is -2.45. The molecule has 0 spiro atoms. The number of fused-ring (bicyclic) bond motifs is 1. The Balaban J connectivity index is 1.57. The second-order valence-corrected chi connectivity index (χ2v) is 12.0. The number of alkyl halides is 3. The first-order valence-electron chi connectivity index (χ1n) is 12.7. The van der Waals surface area contributed by atoms with Crippen LogP contribution in [0.1, 0.15) is 39.2 Å². The predicted octanol–water partition coefficient (Wildman–Crippen LogP) is 6.23. The number of halogens is 3. The van der Waals surface area contributed by atoms with E-state index in [1.54, 1.807) is 36.4 Å². The van der Waals surface area contributed by atoms with E-state index >= 15 is 0 Å². The van der Waals surface area contributed by atoms with Crippen molar-refractivity contribution >= 4 is 27.6 Å². The number of ether oxygens (including phenoxy) is 1. The third-order valence-corrected chi connectivity index (χ3v) is 7.81. The van der Waals surface area contributed by atoms with Crippen LogP contribution in [0.3, 0.4) is 0 Å². The van der Waals surface area contributed by atoms with Crippen LogP contribution in [-0.2, 0) is 16.9 Å². The molecule has 0 atom stereocenters. The summed E-state index contributed by atoms with van der Waals surface area (Å²) < 4.78 is 45.8. The van der Waals surface area contributed by atoms with Gasteiger partial charge in [-0.1, -0.05) is 54.6 Å². The maximum atomic E-state index is 13.3. The first-order chi connectivity index (χ1) is 18.7. The van der Waals surface area contributed by atoms with Crippen LogP contribution in [-0.4, -0.2) is 38.6 Å². The van der Waals surface area contributed by atoms with Gasteiger partial charge in [0.25, 0.3) is 5.56 Å². The van der Waals surface area contributed by atoms with Crippen LogP contribution in [0.25, 0.3) is 31.8 Å². The highest BCUT2D eigenvalue weighted by molar-refractivity contribution is 7.22. The molecule has 1 saturated carbocycles. The number of aliphatic hydroxyl groups excluding tert-OH is 1. The molecular formula is C29H28F3N3O4S. The summed E-state index contributed by atoms with van der Waals surface area (Å²) in [5, 5.41) is 13.0. The minimum absolute atomic E-state index is 0.128. The van der Waals surface area contributed by atoms with Crippen molar-refractivity contribution in [1.82, 2.24) is 14.9 Å². The van der Waals surface area contributed by atoms with E-state index < -0.39 is 41.6 Å². The monoisotopic (exact) mass is 571 g/mol. The molecule has 0 aliphatic heterocycles. The van der Waals surface area contributed by atoms with E-state index in [4.69, 9.17) is 4.74 Å². The maximum absolute atomic E-state index is 13.3. The van der Waals surface area contributed by atoms with Crippen LogP contribution in [0.2, 0.25) is 0 Å². The molecule has 2 N–H and O–H groups in total. The van der Waals surface area contributed by atoms with E-state index in [1.165, 1.54) is 11.3 Å². The number of amides is 1. The highest BCUT2D eigenvalue weighted by Crippen LogP contribution is 2.47. The molecule has 1 aliphatic rings. The van der Waals surface area contributed by atoms with E-state index in [0.29, 0.717) is 31.0 Å². The molecule has 2 aromatic carbocycles. The summed E-state index contributed by atoms with van der Waals surface area (Å²) in [5.74, 6) is 0. The highest BCUT2D eigenvalue weighted by atomic mass is 32.1. The van der Waals surface area contributed by atoms with E-state index in [1.807, 2.05) is 39.0 Å². The van der Waals surface area contributed by atoms with Crippen molar-refractivity contribution < 1.29 is 27.8 Å². The maximum Gasteiger partial charge on any atom is 0.408 e. The molecule has 4 aromatic rings. The fourth-order valence-electron chi connectivity index (χ4n) is 4.93. The standard InChI is InChI=1S/C29H28F3N3O4S/c1-27(2,3)34-26(38)39-28(13-20(36)14-28)19-11-9-18(10-12-19)23-21(17-7-5-4-6-8-17)22-24(40-23)33-16-35(25(22)37)15-29(30,31)32/h4-12,16,20,36H,13-15H2,1-3H3,(H,34,38). The van der Waals surface area contributed by atoms with Crippen molar-refractivity contribution in [3.63, 3.8) is 0 Å². The topological polar surface area (TPSA) is 93.5 Å². The van der Waals surface area contributed by atoms with Crippen LogP contribution in [0, 0.1) is 0 Å². The zero-order chi connectivity index (χ0) is 28.9. The summed E-state index contributed by atoms with van der Waals surface area (Å²) in [4.78, 5) is 31.0. The summed E-state index contributed by atoms with van der Waals surface area (Å²) in [6.45, 7) is 4.09. The fraction of sp³-hybridized carbons (Fsp3) is 0.345. The van der Waals surface area contributed by atoms with Crippen molar-refractivity contribution in [2.24, 2.45) is 0 Å². The van der Waals surface area contributed by atoms with Crippen LogP contribution in [0.15, 0.2) is 65.7 Å². The summed E-state index contributed by atoms with van der Waals surface area (Å²) in [5.41, 5.74) is 0.379. The molecule has 0 radical (unpaired) electrons. The number of carbonyl (C=O) groups excluding carboxylic acids is 1. The Morgan fingerprint density at radius 1 is 1.10 bits per heavy atom. The number of hydrogen-bond acceptors (Lipinski definition) is 6. The average Bonchev–Trinajstić information content (AvgIpc) is 3.24. The Hall–Kier alpha value is -3.70. The summed E-state index contributed by atoms with van der Waals surface area (Å²) in [6.07, 6.45) is -4.31. The molecule has 0 bridgehead atoms. The van der Waals surface area contributed by atoms with E-state index in [0.717, 1.165) is 11.9 Å². The lowest BCUT2D eigenvalue weighted by Crippen LogP contribution is -2.51.